The predicted octanol–water partition coefficient (Wildman–Crippen LogP) is 2.78. The summed E-state index contributed by atoms with van der Waals surface area (Å²) in [4.78, 5) is 10.9. The Labute approximate surface area is 123 Å². The molecule has 0 atom stereocenters. The van der Waals surface area contributed by atoms with Crippen molar-refractivity contribution in [3.8, 4) is 0 Å². The van der Waals surface area contributed by atoms with Crippen LogP contribution in [0.2, 0.25) is 0 Å². The second-order valence-electron chi connectivity index (χ2n) is 4.72. The lowest BCUT2D eigenvalue weighted by atomic mass is 10.2. The fourth-order valence-corrected chi connectivity index (χ4v) is 2.39. The second kappa shape index (κ2) is 8.32. The van der Waals surface area contributed by atoms with Crippen LogP contribution in [0.4, 0.5) is 11.6 Å². The van der Waals surface area contributed by atoms with Crippen LogP contribution in [0.15, 0.2) is 10.8 Å². The van der Waals surface area contributed by atoms with Crippen molar-refractivity contribution >= 4 is 27.6 Å². The van der Waals surface area contributed by atoms with Gasteiger partial charge in [-0.3, -0.25) is 0 Å². The summed E-state index contributed by atoms with van der Waals surface area (Å²) >= 11 is 3.59. The zero-order valence-corrected chi connectivity index (χ0v) is 13.7. The third-order valence-electron chi connectivity index (χ3n) is 2.57. The molecule has 1 rings (SSSR count). The van der Waals surface area contributed by atoms with E-state index in [0.717, 1.165) is 35.7 Å². The van der Waals surface area contributed by atoms with Gasteiger partial charge in [-0.25, -0.2) is 9.97 Å². The molecule has 0 radical (unpaired) electrons. The molecule has 108 valence electrons. The van der Waals surface area contributed by atoms with Crippen LogP contribution in [0.5, 0.6) is 0 Å². The number of hydrogen-bond donors (Lipinski definition) is 1. The maximum Gasteiger partial charge on any atom is 0.148 e. The molecule has 0 spiro atoms. The van der Waals surface area contributed by atoms with E-state index in [4.69, 9.17) is 4.74 Å². The van der Waals surface area contributed by atoms with Crippen LogP contribution >= 0.6 is 15.9 Å². The fourth-order valence-electron chi connectivity index (χ4n) is 1.80. The van der Waals surface area contributed by atoms with Crippen LogP contribution in [0.3, 0.4) is 0 Å². The normalized spacial score (nSPS) is 10.8. The highest BCUT2D eigenvalue weighted by Crippen LogP contribution is 2.29. The quantitative estimate of drug-likeness (QED) is 0.794. The molecule has 5 nitrogen and oxygen atoms in total. The minimum absolute atomic E-state index is 0.557. The van der Waals surface area contributed by atoms with Gasteiger partial charge in [0.1, 0.15) is 22.4 Å². The van der Waals surface area contributed by atoms with Gasteiger partial charge in [-0.2, -0.15) is 0 Å². The van der Waals surface area contributed by atoms with Crippen molar-refractivity contribution in [1.82, 2.24) is 9.97 Å². The molecule has 0 unspecified atom stereocenters. The number of halogens is 1. The van der Waals surface area contributed by atoms with Crippen molar-refractivity contribution in [3.63, 3.8) is 0 Å². The Balaban J connectivity index is 2.96. The van der Waals surface area contributed by atoms with Gasteiger partial charge in [-0.05, 0) is 28.8 Å². The Bertz CT molecular complexity index is 387. The van der Waals surface area contributed by atoms with Crippen LogP contribution in [-0.4, -0.2) is 43.3 Å². The minimum Gasteiger partial charge on any atom is -0.383 e. The molecule has 0 saturated carbocycles. The standard InChI is InChI=1S/C13H23BrN4O/c1-5-15-12-11(14)13(17-9-16-12)18(6-7-19-4)8-10(2)3/h9-10H,5-8H2,1-4H3,(H,15,16,17). The minimum atomic E-state index is 0.557. The first kappa shape index (κ1) is 16.2. The van der Waals surface area contributed by atoms with Crippen molar-refractivity contribution in [1.29, 1.82) is 0 Å². The summed E-state index contributed by atoms with van der Waals surface area (Å²) in [5.74, 6) is 2.30. The Hall–Kier alpha value is -0.880. The highest BCUT2D eigenvalue weighted by Gasteiger charge is 2.16. The van der Waals surface area contributed by atoms with Gasteiger partial charge in [-0.15, -0.1) is 0 Å². The molecule has 0 saturated heterocycles. The summed E-state index contributed by atoms with van der Waals surface area (Å²) in [5.41, 5.74) is 0. The summed E-state index contributed by atoms with van der Waals surface area (Å²) in [6, 6.07) is 0. The maximum atomic E-state index is 5.18. The molecule has 1 heterocycles. The van der Waals surface area contributed by atoms with Gasteiger partial charge in [-0.1, -0.05) is 13.8 Å². The topological polar surface area (TPSA) is 50.3 Å². The summed E-state index contributed by atoms with van der Waals surface area (Å²) in [6.45, 7) is 9.70. The number of anilines is 2. The van der Waals surface area contributed by atoms with Crippen molar-refractivity contribution in [3.05, 3.63) is 10.8 Å². The maximum absolute atomic E-state index is 5.18. The third kappa shape index (κ3) is 4.95. The molecular formula is C13H23BrN4O. The zero-order valence-electron chi connectivity index (χ0n) is 12.1. The Kier molecular flexibility index (Phi) is 7.09. The fraction of sp³-hybridized carbons (Fsp3) is 0.692. The number of aromatic nitrogens is 2. The number of ether oxygens (including phenoxy) is 1. The van der Waals surface area contributed by atoms with E-state index in [2.05, 4.69) is 50.0 Å². The Morgan fingerprint density at radius 1 is 1.42 bits per heavy atom. The van der Waals surface area contributed by atoms with E-state index in [1.807, 2.05) is 6.92 Å². The van der Waals surface area contributed by atoms with Crippen LogP contribution < -0.4 is 10.2 Å². The first-order valence-corrected chi connectivity index (χ1v) is 7.37. The molecule has 1 aromatic heterocycles. The molecule has 0 fully saturated rings. The van der Waals surface area contributed by atoms with Gasteiger partial charge in [0.2, 0.25) is 0 Å². The van der Waals surface area contributed by atoms with Crippen molar-refractivity contribution < 1.29 is 4.74 Å². The molecule has 1 aromatic rings. The molecule has 0 bridgehead atoms. The number of methoxy groups -OCH3 is 1. The summed E-state index contributed by atoms with van der Waals surface area (Å²) in [5, 5.41) is 3.22. The summed E-state index contributed by atoms with van der Waals surface area (Å²) in [6.07, 6.45) is 1.60. The van der Waals surface area contributed by atoms with E-state index in [-0.39, 0.29) is 0 Å². The average Bonchev–Trinajstić information content (AvgIpc) is 2.37. The van der Waals surface area contributed by atoms with E-state index >= 15 is 0 Å². The second-order valence-corrected chi connectivity index (χ2v) is 5.52. The highest BCUT2D eigenvalue weighted by atomic mass is 79.9. The molecule has 0 amide bonds. The van der Waals surface area contributed by atoms with Gasteiger partial charge in [0.15, 0.2) is 0 Å². The SMILES string of the molecule is CCNc1ncnc(N(CCOC)CC(C)C)c1Br. The first-order chi connectivity index (χ1) is 9.10. The van der Waals surface area contributed by atoms with E-state index < -0.39 is 0 Å². The molecule has 0 aliphatic carbocycles. The Morgan fingerprint density at radius 2 is 2.16 bits per heavy atom. The molecule has 0 aliphatic heterocycles. The van der Waals surface area contributed by atoms with Crippen LogP contribution in [0.1, 0.15) is 20.8 Å². The Morgan fingerprint density at radius 3 is 2.74 bits per heavy atom. The van der Waals surface area contributed by atoms with Crippen molar-refractivity contribution in [2.75, 3.05) is 43.6 Å². The highest BCUT2D eigenvalue weighted by molar-refractivity contribution is 9.10. The lowest BCUT2D eigenvalue weighted by Gasteiger charge is -2.26. The summed E-state index contributed by atoms with van der Waals surface area (Å²) < 4.78 is 6.09. The van der Waals surface area contributed by atoms with E-state index in [1.54, 1.807) is 13.4 Å². The molecule has 6 heteroatoms. The smallest absolute Gasteiger partial charge is 0.148 e. The third-order valence-corrected chi connectivity index (χ3v) is 3.30. The molecule has 0 aliphatic rings. The van der Waals surface area contributed by atoms with Gasteiger partial charge in [0.05, 0.1) is 6.61 Å². The van der Waals surface area contributed by atoms with Crippen LogP contribution in [-0.2, 0) is 4.74 Å². The first-order valence-electron chi connectivity index (χ1n) is 6.58. The zero-order chi connectivity index (χ0) is 14.3. The molecular weight excluding hydrogens is 308 g/mol. The largest absolute Gasteiger partial charge is 0.383 e. The lowest BCUT2D eigenvalue weighted by Crippen LogP contribution is -2.32. The van der Waals surface area contributed by atoms with Gasteiger partial charge in [0.25, 0.3) is 0 Å². The van der Waals surface area contributed by atoms with E-state index in [1.165, 1.54) is 0 Å². The predicted molar refractivity (Wildman–Crippen MR) is 82.8 cm³/mol. The van der Waals surface area contributed by atoms with E-state index in [0.29, 0.717) is 12.5 Å². The number of nitrogens with one attached hydrogen (secondary N) is 1. The van der Waals surface area contributed by atoms with E-state index in [9.17, 15) is 0 Å². The van der Waals surface area contributed by atoms with Crippen molar-refractivity contribution in [2.45, 2.75) is 20.8 Å². The molecule has 1 N–H and O–H groups in total. The molecule has 0 aromatic carbocycles. The van der Waals surface area contributed by atoms with Crippen LogP contribution in [0, 0.1) is 5.92 Å². The lowest BCUT2D eigenvalue weighted by molar-refractivity contribution is 0.204. The van der Waals surface area contributed by atoms with Gasteiger partial charge < -0.3 is 15.0 Å². The van der Waals surface area contributed by atoms with Gasteiger partial charge >= 0.3 is 0 Å². The summed E-state index contributed by atoms with van der Waals surface area (Å²) in [7, 11) is 1.71. The van der Waals surface area contributed by atoms with Gasteiger partial charge in [0, 0.05) is 26.7 Å². The number of hydrogen-bond acceptors (Lipinski definition) is 5. The number of rotatable bonds is 8. The van der Waals surface area contributed by atoms with Crippen LogP contribution in [0.25, 0.3) is 0 Å². The number of nitrogens with zero attached hydrogens (tertiary/aromatic N) is 3. The molecule has 19 heavy (non-hydrogen) atoms. The average molecular weight is 331 g/mol. The van der Waals surface area contributed by atoms with Crippen molar-refractivity contribution in [2.24, 2.45) is 5.92 Å². The monoisotopic (exact) mass is 330 g/mol.